The third-order valence-electron chi connectivity index (χ3n) is 7.41. The molecule has 1 aromatic heterocycles. The number of aromatic nitrogens is 2. The van der Waals surface area contributed by atoms with E-state index in [0.717, 1.165) is 6.42 Å². The molecule has 2 N–H and O–H groups in total. The molecule has 2 amide bonds. The van der Waals surface area contributed by atoms with Crippen molar-refractivity contribution < 1.29 is 24.2 Å². The van der Waals surface area contributed by atoms with Crippen molar-refractivity contribution in [3.8, 4) is 0 Å². The third-order valence-corrected chi connectivity index (χ3v) is 7.41. The number of rotatable bonds is 5. The second-order valence-corrected chi connectivity index (χ2v) is 9.81. The first-order valence-electron chi connectivity index (χ1n) is 11.4. The predicted octanol–water partition coefficient (Wildman–Crippen LogP) is 0.0356. The lowest BCUT2D eigenvalue weighted by molar-refractivity contribution is -0.142. The normalized spacial score (nSPS) is 39.2. The van der Waals surface area contributed by atoms with E-state index in [1.165, 1.54) is 0 Å². The summed E-state index contributed by atoms with van der Waals surface area (Å²) in [6, 6.07) is 0.0577. The Kier molecular flexibility index (Phi) is 5.52. The Morgan fingerprint density at radius 1 is 1.29 bits per heavy atom. The molecule has 0 aliphatic carbocycles. The first-order valence-corrected chi connectivity index (χ1v) is 11.4. The molecular weight excluding hydrogens is 400 g/mol. The minimum Gasteiger partial charge on any atom is -0.390 e. The Balaban J connectivity index is 1.28. The summed E-state index contributed by atoms with van der Waals surface area (Å²) in [6.45, 7) is 6.15. The molecule has 5 rings (SSSR count). The van der Waals surface area contributed by atoms with Crippen molar-refractivity contribution >= 4 is 11.8 Å². The van der Waals surface area contributed by atoms with E-state index in [1.807, 2.05) is 29.5 Å². The topological polar surface area (TPSA) is 106 Å². The Bertz CT molecular complexity index is 815. The van der Waals surface area contributed by atoms with Crippen molar-refractivity contribution in [1.82, 2.24) is 19.8 Å². The summed E-state index contributed by atoms with van der Waals surface area (Å²) in [5.74, 6) is -0.287. The number of nitrogens with one attached hydrogen (secondary N) is 1. The van der Waals surface area contributed by atoms with Crippen LogP contribution in [0.5, 0.6) is 0 Å². The van der Waals surface area contributed by atoms with Gasteiger partial charge in [0.15, 0.2) is 0 Å². The van der Waals surface area contributed by atoms with Crippen LogP contribution in [0.1, 0.15) is 26.7 Å². The van der Waals surface area contributed by atoms with Crippen molar-refractivity contribution in [3.05, 3.63) is 18.7 Å². The van der Waals surface area contributed by atoms with Crippen molar-refractivity contribution in [2.24, 2.45) is 23.7 Å². The molecular formula is C22H32N4O5. The lowest BCUT2D eigenvalue weighted by atomic mass is 9.83. The molecule has 4 fully saturated rings. The first kappa shape index (κ1) is 20.9. The zero-order valence-electron chi connectivity index (χ0n) is 18.1. The van der Waals surface area contributed by atoms with Gasteiger partial charge in [0.2, 0.25) is 5.91 Å². The molecule has 5 heterocycles. The van der Waals surface area contributed by atoms with Gasteiger partial charge in [0.25, 0.3) is 5.91 Å². The monoisotopic (exact) mass is 432 g/mol. The molecule has 0 spiro atoms. The van der Waals surface area contributed by atoms with Crippen LogP contribution in [0.3, 0.4) is 0 Å². The number of imidazole rings is 1. The number of fused-ring (bicyclic) bond motifs is 4. The Morgan fingerprint density at radius 3 is 2.84 bits per heavy atom. The smallest absolute Gasteiger partial charge is 0.252 e. The van der Waals surface area contributed by atoms with E-state index in [1.54, 1.807) is 12.5 Å². The molecule has 8 atom stereocenters. The number of likely N-dealkylation sites (tertiary alicyclic amines) is 1. The van der Waals surface area contributed by atoms with E-state index in [0.29, 0.717) is 32.7 Å². The second-order valence-electron chi connectivity index (χ2n) is 9.81. The van der Waals surface area contributed by atoms with Crippen LogP contribution in [0.2, 0.25) is 0 Å². The van der Waals surface area contributed by atoms with E-state index in [2.05, 4.69) is 10.3 Å². The van der Waals surface area contributed by atoms with Crippen molar-refractivity contribution in [3.63, 3.8) is 0 Å². The minimum absolute atomic E-state index is 0.0109. The second kappa shape index (κ2) is 8.18. The molecule has 9 heteroatoms. The van der Waals surface area contributed by atoms with E-state index in [9.17, 15) is 14.7 Å². The van der Waals surface area contributed by atoms with Crippen LogP contribution in [0.25, 0.3) is 0 Å². The maximum absolute atomic E-state index is 13.4. The molecule has 4 saturated heterocycles. The Morgan fingerprint density at radius 2 is 2.10 bits per heavy atom. The lowest BCUT2D eigenvalue weighted by Crippen LogP contribution is -2.47. The SMILES string of the molecule is CC(C)NC(=O)[C@H]1C[C@@H]2O[C@H]1[C@H]1CN(C(=O)C3OCCC3Cn3ccnc3)C[C@H]1[C@@H]2O. The summed E-state index contributed by atoms with van der Waals surface area (Å²) in [6.07, 6.45) is 5.07. The summed E-state index contributed by atoms with van der Waals surface area (Å²) in [4.78, 5) is 32.0. The van der Waals surface area contributed by atoms with Gasteiger partial charge in [-0.25, -0.2) is 4.98 Å². The van der Waals surface area contributed by atoms with Gasteiger partial charge in [-0.05, 0) is 26.7 Å². The fraction of sp³-hybridized carbons (Fsp3) is 0.773. The van der Waals surface area contributed by atoms with E-state index >= 15 is 0 Å². The number of carbonyl (C=O) groups excluding carboxylic acids is 2. The summed E-state index contributed by atoms with van der Waals surface area (Å²) in [5, 5.41) is 13.9. The average Bonchev–Trinajstić information content (AvgIpc) is 3.50. The van der Waals surface area contributed by atoms with Gasteiger partial charge in [-0.3, -0.25) is 9.59 Å². The number of amides is 2. The van der Waals surface area contributed by atoms with Gasteiger partial charge in [-0.15, -0.1) is 0 Å². The van der Waals surface area contributed by atoms with Gasteiger partial charge in [0.05, 0.1) is 30.6 Å². The molecule has 0 saturated carbocycles. The third kappa shape index (κ3) is 3.76. The Labute approximate surface area is 182 Å². The maximum atomic E-state index is 13.4. The quantitative estimate of drug-likeness (QED) is 0.680. The first-order chi connectivity index (χ1) is 14.9. The highest BCUT2D eigenvalue weighted by molar-refractivity contribution is 5.82. The van der Waals surface area contributed by atoms with E-state index in [-0.39, 0.29) is 53.7 Å². The molecule has 2 bridgehead atoms. The van der Waals surface area contributed by atoms with E-state index < -0.39 is 12.2 Å². The van der Waals surface area contributed by atoms with E-state index in [4.69, 9.17) is 9.47 Å². The van der Waals surface area contributed by atoms with Gasteiger partial charge >= 0.3 is 0 Å². The number of ether oxygens (including phenoxy) is 2. The van der Waals surface area contributed by atoms with Gasteiger partial charge in [-0.1, -0.05) is 0 Å². The standard InChI is InChI=1S/C22H32N4O5/c1-12(2)24-21(28)14-7-17-18(27)15-9-26(10-16(15)20(14)31-17)22(29)19-13(3-6-30-19)8-25-5-4-23-11-25/h4-5,11-20,27H,3,6-10H2,1-2H3,(H,24,28)/t13?,14-,15+,16-,17-,18-,19?,20+/m0/s1. The number of aliphatic hydroxyl groups excluding tert-OH is 1. The molecule has 0 radical (unpaired) electrons. The number of hydrogen-bond donors (Lipinski definition) is 2. The number of hydrogen-bond acceptors (Lipinski definition) is 6. The fourth-order valence-corrected chi connectivity index (χ4v) is 5.96. The highest BCUT2D eigenvalue weighted by Crippen LogP contribution is 2.47. The molecule has 2 unspecified atom stereocenters. The van der Waals surface area contributed by atoms with Crippen LogP contribution < -0.4 is 5.32 Å². The number of nitrogens with zero attached hydrogens (tertiary/aromatic N) is 3. The van der Waals surface area contributed by atoms with Crippen LogP contribution in [-0.4, -0.2) is 81.5 Å². The molecule has 0 aromatic carbocycles. The molecule has 4 aliphatic heterocycles. The average molecular weight is 433 g/mol. The van der Waals surface area contributed by atoms with Crippen LogP contribution in [0.4, 0.5) is 0 Å². The van der Waals surface area contributed by atoms with Crippen molar-refractivity contribution in [2.75, 3.05) is 19.7 Å². The predicted molar refractivity (Wildman–Crippen MR) is 110 cm³/mol. The van der Waals surface area contributed by atoms with Crippen LogP contribution in [0.15, 0.2) is 18.7 Å². The summed E-state index contributed by atoms with van der Waals surface area (Å²) in [5.41, 5.74) is 0. The Hall–Kier alpha value is -1.97. The zero-order valence-corrected chi connectivity index (χ0v) is 18.1. The van der Waals surface area contributed by atoms with Crippen molar-refractivity contribution in [2.45, 2.75) is 63.7 Å². The molecule has 1 aromatic rings. The highest BCUT2D eigenvalue weighted by atomic mass is 16.5. The number of carbonyl (C=O) groups is 2. The molecule has 31 heavy (non-hydrogen) atoms. The summed E-state index contributed by atoms with van der Waals surface area (Å²) < 4.78 is 13.9. The molecule has 9 nitrogen and oxygen atoms in total. The van der Waals surface area contributed by atoms with Crippen molar-refractivity contribution in [1.29, 1.82) is 0 Å². The zero-order chi connectivity index (χ0) is 21.7. The highest BCUT2D eigenvalue weighted by Gasteiger charge is 2.58. The number of aliphatic hydroxyl groups is 1. The summed E-state index contributed by atoms with van der Waals surface area (Å²) in [7, 11) is 0. The lowest BCUT2D eigenvalue weighted by Gasteiger charge is -2.36. The van der Waals surface area contributed by atoms with Crippen LogP contribution >= 0.6 is 0 Å². The minimum atomic E-state index is -0.651. The van der Waals surface area contributed by atoms with Crippen LogP contribution in [-0.2, 0) is 25.6 Å². The van der Waals surface area contributed by atoms with Gasteiger partial charge in [0, 0.05) is 62.4 Å². The molecule has 4 aliphatic rings. The summed E-state index contributed by atoms with van der Waals surface area (Å²) >= 11 is 0. The molecule has 170 valence electrons. The van der Waals surface area contributed by atoms with Gasteiger partial charge < -0.3 is 29.4 Å². The van der Waals surface area contributed by atoms with Crippen LogP contribution in [0, 0.1) is 23.7 Å². The maximum Gasteiger partial charge on any atom is 0.252 e. The van der Waals surface area contributed by atoms with Gasteiger partial charge in [0.1, 0.15) is 6.10 Å². The van der Waals surface area contributed by atoms with Gasteiger partial charge in [-0.2, -0.15) is 0 Å². The fourth-order valence-electron chi connectivity index (χ4n) is 5.96. The largest absolute Gasteiger partial charge is 0.390 e.